The zero-order chi connectivity index (χ0) is 22.7. The van der Waals surface area contributed by atoms with Crippen LogP contribution in [-0.4, -0.2) is 45.5 Å². The number of thioether (sulfide) groups is 1. The van der Waals surface area contributed by atoms with Gasteiger partial charge in [-0.1, -0.05) is 36.9 Å². The van der Waals surface area contributed by atoms with E-state index >= 15 is 0 Å². The molecule has 2 aromatic heterocycles. The quantitative estimate of drug-likeness (QED) is 0.410. The summed E-state index contributed by atoms with van der Waals surface area (Å²) >= 11 is 3.07. The molecule has 6 nitrogen and oxygen atoms in total. The Morgan fingerprint density at radius 2 is 1.90 bits per heavy atom. The number of nitrogens with one attached hydrogen (secondary N) is 1. The molecule has 3 aromatic rings. The maximum atomic E-state index is 13.0. The molecule has 1 atom stereocenters. The molecule has 0 fully saturated rings. The molecule has 0 aliphatic rings. The van der Waals surface area contributed by atoms with Gasteiger partial charge in [0.2, 0.25) is 11.8 Å². The fourth-order valence-corrected chi connectivity index (χ4v) is 5.67. The van der Waals surface area contributed by atoms with Crippen molar-refractivity contribution in [2.45, 2.75) is 51.3 Å². The second-order valence-corrected chi connectivity index (χ2v) is 10.1. The lowest BCUT2D eigenvalue weighted by atomic mass is 10.1. The summed E-state index contributed by atoms with van der Waals surface area (Å²) in [6, 6.07) is 7.71. The number of likely N-dealkylation sites (N-methyl/N-ethyl adjacent to an activating group) is 1. The van der Waals surface area contributed by atoms with E-state index in [4.69, 9.17) is 0 Å². The van der Waals surface area contributed by atoms with Crippen LogP contribution in [0.1, 0.15) is 35.7 Å². The van der Waals surface area contributed by atoms with Gasteiger partial charge in [-0.15, -0.1) is 11.3 Å². The summed E-state index contributed by atoms with van der Waals surface area (Å²) in [7, 11) is 1.66. The maximum absolute atomic E-state index is 13.0. The van der Waals surface area contributed by atoms with Gasteiger partial charge in [0.15, 0.2) is 0 Å². The first-order chi connectivity index (χ1) is 14.7. The second-order valence-electron chi connectivity index (χ2n) is 7.55. The van der Waals surface area contributed by atoms with Gasteiger partial charge in [-0.3, -0.25) is 9.59 Å². The number of aryl methyl sites for hydroxylation is 4. The minimum atomic E-state index is -0.377. The van der Waals surface area contributed by atoms with E-state index in [1.165, 1.54) is 21.5 Å². The van der Waals surface area contributed by atoms with E-state index < -0.39 is 0 Å². The predicted octanol–water partition coefficient (Wildman–Crippen LogP) is 4.76. The third-order valence-corrected chi connectivity index (χ3v) is 7.35. The number of thiophene rings is 1. The molecule has 31 heavy (non-hydrogen) atoms. The summed E-state index contributed by atoms with van der Waals surface area (Å²) in [5.41, 5.74) is 3.02. The number of hydrogen-bond donors (Lipinski definition) is 1. The normalized spacial score (nSPS) is 12.1. The summed E-state index contributed by atoms with van der Waals surface area (Å²) in [6.45, 7) is 9.90. The zero-order valence-corrected chi connectivity index (χ0v) is 20.4. The molecule has 164 valence electrons. The minimum absolute atomic E-state index is 0.00339. The lowest BCUT2D eigenvalue weighted by Crippen LogP contribution is -2.39. The van der Waals surface area contributed by atoms with E-state index in [1.54, 1.807) is 18.4 Å². The highest BCUT2D eigenvalue weighted by Gasteiger charge is 2.24. The van der Waals surface area contributed by atoms with E-state index in [0.717, 1.165) is 38.5 Å². The maximum Gasteiger partial charge on any atom is 0.243 e. The molecule has 2 heterocycles. The number of aromatic nitrogens is 2. The Morgan fingerprint density at radius 1 is 1.19 bits per heavy atom. The molecular formula is C23H28N4O2S2. The Morgan fingerprint density at radius 3 is 2.61 bits per heavy atom. The molecule has 1 N–H and O–H groups in total. The minimum Gasteiger partial charge on any atom is -0.335 e. The van der Waals surface area contributed by atoms with Crippen molar-refractivity contribution in [2.24, 2.45) is 0 Å². The van der Waals surface area contributed by atoms with Gasteiger partial charge in [-0.2, -0.15) is 0 Å². The highest BCUT2D eigenvalue weighted by Crippen LogP contribution is 2.36. The number of carbonyl (C=O) groups excluding carboxylic acids is 2. The number of amides is 2. The number of para-hydroxylation sites is 1. The first-order valence-corrected chi connectivity index (χ1v) is 11.9. The number of anilines is 1. The molecule has 0 saturated carbocycles. The molecule has 3 rings (SSSR count). The van der Waals surface area contributed by atoms with Crippen molar-refractivity contribution >= 4 is 50.8 Å². The van der Waals surface area contributed by atoms with Crippen molar-refractivity contribution in [3.63, 3.8) is 0 Å². The SMILES string of the molecule is CCc1ccccc1NC(=O)CN(C)C(=O)C(C)Sc1nc(C)nc2sc(C)c(C)c12. The monoisotopic (exact) mass is 456 g/mol. The van der Waals surface area contributed by atoms with Crippen molar-refractivity contribution in [2.75, 3.05) is 18.9 Å². The third-order valence-electron chi connectivity index (χ3n) is 5.17. The third kappa shape index (κ3) is 5.25. The average Bonchev–Trinajstić information content (AvgIpc) is 3.00. The molecule has 0 bridgehead atoms. The number of hydrogen-bond acceptors (Lipinski definition) is 6. The number of fused-ring (bicyclic) bond motifs is 1. The van der Waals surface area contributed by atoms with Crippen LogP contribution >= 0.6 is 23.1 Å². The van der Waals surface area contributed by atoms with E-state index in [1.807, 2.05) is 45.0 Å². The van der Waals surface area contributed by atoms with Crippen LogP contribution in [0, 0.1) is 20.8 Å². The fourth-order valence-electron chi connectivity index (χ4n) is 3.36. The number of nitrogens with zero attached hydrogens (tertiary/aromatic N) is 3. The highest BCUT2D eigenvalue weighted by molar-refractivity contribution is 8.00. The van der Waals surface area contributed by atoms with Crippen LogP contribution in [0.4, 0.5) is 5.69 Å². The van der Waals surface area contributed by atoms with Gasteiger partial charge in [0.25, 0.3) is 0 Å². The molecule has 0 aliphatic carbocycles. The Labute approximate surface area is 191 Å². The van der Waals surface area contributed by atoms with Crippen LogP contribution in [0.15, 0.2) is 29.3 Å². The number of rotatable bonds is 7. The predicted molar refractivity (Wildman–Crippen MR) is 129 cm³/mol. The highest BCUT2D eigenvalue weighted by atomic mass is 32.2. The van der Waals surface area contributed by atoms with Gasteiger partial charge in [0, 0.05) is 23.0 Å². The van der Waals surface area contributed by atoms with Crippen LogP contribution in [0.3, 0.4) is 0 Å². The summed E-state index contributed by atoms with van der Waals surface area (Å²) in [5.74, 6) is 0.370. The standard InChI is InChI=1S/C23H28N4O2S2/c1-7-17-10-8-9-11-18(17)26-19(28)12-27(6)23(29)15(4)31-22-20-13(2)14(3)30-21(20)24-16(5)25-22/h8-11,15H,7,12H2,1-6H3,(H,26,28). The number of benzene rings is 1. The smallest absolute Gasteiger partial charge is 0.243 e. The lowest BCUT2D eigenvalue weighted by Gasteiger charge is -2.21. The van der Waals surface area contributed by atoms with Crippen LogP contribution in [0.25, 0.3) is 10.2 Å². The second kappa shape index (κ2) is 9.78. The van der Waals surface area contributed by atoms with Gasteiger partial charge < -0.3 is 10.2 Å². The van der Waals surface area contributed by atoms with Gasteiger partial charge in [0.05, 0.1) is 11.8 Å². The van der Waals surface area contributed by atoms with E-state index in [9.17, 15) is 9.59 Å². The van der Waals surface area contributed by atoms with Gasteiger partial charge in [-0.25, -0.2) is 9.97 Å². The fraction of sp³-hybridized carbons (Fsp3) is 0.391. The topological polar surface area (TPSA) is 75.2 Å². The number of carbonyl (C=O) groups is 2. The Kier molecular flexibility index (Phi) is 7.33. The Balaban J connectivity index is 1.69. The summed E-state index contributed by atoms with van der Waals surface area (Å²) in [6.07, 6.45) is 0.827. The molecule has 0 aliphatic heterocycles. The van der Waals surface area contributed by atoms with Crippen LogP contribution < -0.4 is 5.32 Å². The molecule has 2 amide bonds. The largest absolute Gasteiger partial charge is 0.335 e. The van der Waals surface area contributed by atoms with Crippen LogP contribution in [0.5, 0.6) is 0 Å². The van der Waals surface area contributed by atoms with Crippen molar-refractivity contribution in [1.82, 2.24) is 14.9 Å². The summed E-state index contributed by atoms with van der Waals surface area (Å²) in [4.78, 5) is 38.2. The first-order valence-electron chi connectivity index (χ1n) is 10.2. The van der Waals surface area contributed by atoms with E-state index in [-0.39, 0.29) is 23.6 Å². The molecule has 8 heteroatoms. The van der Waals surface area contributed by atoms with E-state index in [2.05, 4.69) is 29.1 Å². The molecule has 0 radical (unpaired) electrons. The van der Waals surface area contributed by atoms with Gasteiger partial charge >= 0.3 is 0 Å². The summed E-state index contributed by atoms with van der Waals surface area (Å²) in [5, 5.41) is 4.38. The van der Waals surface area contributed by atoms with Crippen molar-refractivity contribution < 1.29 is 9.59 Å². The molecule has 1 unspecified atom stereocenters. The van der Waals surface area contributed by atoms with Crippen molar-refractivity contribution in [1.29, 1.82) is 0 Å². The summed E-state index contributed by atoms with van der Waals surface area (Å²) < 4.78 is 0. The van der Waals surface area contributed by atoms with Crippen LogP contribution in [-0.2, 0) is 16.0 Å². The lowest BCUT2D eigenvalue weighted by molar-refractivity contribution is -0.132. The molecule has 1 aromatic carbocycles. The Bertz CT molecular complexity index is 1130. The average molecular weight is 457 g/mol. The molecular weight excluding hydrogens is 428 g/mol. The van der Waals surface area contributed by atoms with Crippen molar-refractivity contribution in [3.8, 4) is 0 Å². The first kappa shape index (κ1) is 23.2. The van der Waals surface area contributed by atoms with Gasteiger partial charge in [0.1, 0.15) is 15.7 Å². The van der Waals surface area contributed by atoms with Gasteiger partial charge in [-0.05, 0) is 51.3 Å². The molecule has 0 saturated heterocycles. The molecule has 0 spiro atoms. The Hall–Kier alpha value is -2.45. The van der Waals surface area contributed by atoms with Crippen molar-refractivity contribution in [3.05, 3.63) is 46.1 Å². The van der Waals surface area contributed by atoms with E-state index in [0.29, 0.717) is 5.82 Å². The van der Waals surface area contributed by atoms with Crippen LogP contribution in [0.2, 0.25) is 0 Å². The zero-order valence-electron chi connectivity index (χ0n) is 18.8.